The van der Waals surface area contributed by atoms with Gasteiger partial charge in [0.25, 0.3) is 0 Å². The Kier molecular flexibility index (Phi) is 5.50. The van der Waals surface area contributed by atoms with E-state index >= 15 is 0 Å². The fraction of sp³-hybridized carbons (Fsp3) is 0.409. The van der Waals surface area contributed by atoms with E-state index in [2.05, 4.69) is 13.0 Å². The maximum atomic E-state index is 10.8. The number of aliphatic carboxylic acids is 1. The van der Waals surface area contributed by atoms with E-state index in [1.807, 2.05) is 49.4 Å². The van der Waals surface area contributed by atoms with Gasteiger partial charge in [-0.2, -0.15) is 0 Å². The molecule has 0 bridgehead atoms. The lowest BCUT2D eigenvalue weighted by atomic mass is 9.98. The van der Waals surface area contributed by atoms with Gasteiger partial charge in [0.15, 0.2) is 0 Å². The molecule has 1 N–H and O–H groups in total. The largest absolute Gasteiger partial charge is 0.493 e. The zero-order valence-electron chi connectivity index (χ0n) is 15.4. The van der Waals surface area contributed by atoms with E-state index in [4.69, 9.17) is 14.6 Å². The van der Waals surface area contributed by atoms with Gasteiger partial charge in [0.2, 0.25) is 0 Å². The summed E-state index contributed by atoms with van der Waals surface area (Å²) in [5.74, 6) is 0.951. The minimum absolute atomic E-state index is 0.000876. The zero-order valence-corrected chi connectivity index (χ0v) is 15.4. The Hall–Kier alpha value is -2.49. The van der Waals surface area contributed by atoms with E-state index in [-0.39, 0.29) is 17.8 Å². The molecule has 1 saturated carbocycles. The van der Waals surface area contributed by atoms with Gasteiger partial charge in [-0.3, -0.25) is 4.79 Å². The molecule has 4 heteroatoms. The molecule has 2 aromatic carbocycles. The number of hydrogen-bond donors (Lipinski definition) is 1. The number of benzene rings is 2. The van der Waals surface area contributed by atoms with Crippen molar-refractivity contribution in [3.8, 4) is 11.5 Å². The highest BCUT2D eigenvalue weighted by Gasteiger charge is 2.44. The fourth-order valence-corrected chi connectivity index (χ4v) is 2.96. The van der Waals surface area contributed by atoms with Gasteiger partial charge in [0.05, 0.1) is 19.6 Å². The van der Waals surface area contributed by atoms with Gasteiger partial charge < -0.3 is 14.6 Å². The maximum Gasteiger partial charge on any atom is 0.303 e. The highest BCUT2D eigenvalue weighted by Crippen LogP contribution is 2.46. The van der Waals surface area contributed by atoms with Crippen LogP contribution in [0.25, 0.3) is 0 Å². The Morgan fingerprint density at radius 3 is 2.31 bits per heavy atom. The van der Waals surface area contributed by atoms with Crippen molar-refractivity contribution >= 4 is 5.97 Å². The third-order valence-corrected chi connectivity index (χ3v) is 4.97. The maximum absolute atomic E-state index is 10.8. The molecule has 4 nitrogen and oxygen atoms in total. The second-order valence-electron chi connectivity index (χ2n) is 7.46. The zero-order chi connectivity index (χ0) is 18.6. The minimum Gasteiger partial charge on any atom is -0.493 e. The number of ether oxygens (including phenoxy) is 2. The Morgan fingerprint density at radius 2 is 1.73 bits per heavy atom. The van der Waals surface area contributed by atoms with Gasteiger partial charge in [0, 0.05) is 5.41 Å². The molecule has 1 aliphatic rings. The summed E-state index contributed by atoms with van der Waals surface area (Å²) in [6.45, 7) is 5.29. The number of rotatable bonds is 9. The monoisotopic (exact) mass is 354 g/mol. The average molecular weight is 354 g/mol. The summed E-state index contributed by atoms with van der Waals surface area (Å²) in [5.41, 5.74) is 2.32. The summed E-state index contributed by atoms with van der Waals surface area (Å²) in [6.07, 6.45) is 2.37. The second-order valence-corrected chi connectivity index (χ2v) is 7.46. The summed E-state index contributed by atoms with van der Waals surface area (Å²) in [4.78, 5) is 10.8. The number of carboxylic acid groups (broad SMARTS) is 1. The lowest BCUT2D eigenvalue weighted by Crippen LogP contribution is -2.21. The second kappa shape index (κ2) is 7.81. The normalized spacial score (nSPS) is 15.9. The standard InChI is InChI=1S/C22H26O4/c1-16-4-3-5-20(12-16)26-15-22(10-11-22)14-25-19-8-6-18(7-9-19)17(2)13-21(23)24/h3-9,12,17H,10-11,13-15H2,1-2H3,(H,23,24). The first-order chi connectivity index (χ1) is 12.5. The highest BCUT2D eigenvalue weighted by atomic mass is 16.5. The molecule has 0 heterocycles. The predicted molar refractivity (Wildman–Crippen MR) is 101 cm³/mol. The van der Waals surface area contributed by atoms with E-state index < -0.39 is 5.97 Å². The first-order valence-electron chi connectivity index (χ1n) is 9.10. The van der Waals surface area contributed by atoms with Crippen LogP contribution in [0.4, 0.5) is 0 Å². The van der Waals surface area contributed by atoms with Crippen LogP contribution < -0.4 is 9.47 Å². The summed E-state index contributed by atoms with van der Waals surface area (Å²) < 4.78 is 11.9. The van der Waals surface area contributed by atoms with Crippen LogP contribution in [0.2, 0.25) is 0 Å². The van der Waals surface area contributed by atoms with Gasteiger partial charge in [-0.1, -0.05) is 31.2 Å². The highest BCUT2D eigenvalue weighted by molar-refractivity contribution is 5.67. The lowest BCUT2D eigenvalue weighted by molar-refractivity contribution is -0.137. The molecule has 0 amide bonds. The van der Waals surface area contributed by atoms with Crippen LogP contribution in [0, 0.1) is 12.3 Å². The van der Waals surface area contributed by atoms with Gasteiger partial charge in [-0.15, -0.1) is 0 Å². The molecule has 138 valence electrons. The molecule has 0 aromatic heterocycles. The van der Waals surface area contributed by atoms with Crippen molar-refractivity contribution in [3.63, 3.8) is 0 Å². The first-order valence-corrected chi connectivity index (χ1v) is 9.10. The SMILES string of the molecule is Cc1cccc(OCC2(COc3ccc(C(C)CC(=O)O)cc3)CC2)c1. The smallest absolute Gasteiger partial charge is 0.303 e. The molecule has 2 aromatic rings. The third kappa shape index (κ3) is 5.01. The predicted octanol–water partition coefficient (Wildman–Crippen LogP) is 4.81. The molecule has 3 rings (SSSR count). The van der Waals surface area contributed by atoms with Gasteiger partial charge in [0.1, 0.15) is 11.5 Å². The van der Waals surface area contributed by atoms with E-state index in [9.17, 15) is 4.79 Å². The van der Waals surface area contributed by atoms with Gasteiger partial charge in [-0.05, 0) is 61.1 Å². The summed E-state index contributed by atoms with van der Waals surface area (Å²) in [5, 5.41) is 8.89. The Bertz CT molecular complexity index is 747. The van der Waals surface area contributed by atoms with Crippen molar-refractivity contribution in [3.05, 3.63) is 59.7 Å². The van der Waals surface area contributed by atoms with Crippen LogP contribution in [-0.4, -0.2) is 24.3 Å². The molecule has 26 heavy (non-hydrogen) atoms. The fourth-order valence-electron chi connectivity index (χ4n) is 2.96. The molecule has 1 fully saturated rings. The van der Waals surface area contributed by atoms with Crippen LogP contribution in [0.3, 0.4) is 0 Å². The molecule has 1 aliphatic carbocycles. The van der Waals surface area contributed by atoms with Crippen LogP contribution in [0.15, 0.2) is 48.5 Å². The van der Waals surface area contributed by atoms with Crippen molar-refractivity contribution in [2.24, 2.45) is 5.41 Å². The summed E-state index contributed by atoms with van der Waals surface area (Å²) in [6, 6.07) is 15.8. The molecule has 1 atom stereocenters. The molecule has 1 unspecified atom stereocenters. The minimum atomic E-state index is -0.776. The number of hydrogen-bond acceptors (Lipinski definition) is 3. The third-order valence-electron chi connectivity index (χ3n) is 4.97. The van der Waals surface area contributed by atoms with Crippen molar-refractivity contribution in [1.29, 1.82) is 0 Å². The van der Waals surface area contributed by atoms with Crippen molar-refractivity contribution < 1.29 is 19.4 Å². The average Bonchev–Trinajstić information content (AvgIpc) is 3.39. The van der Waals surface area contributed by atoms with Gasteiger partial charge >= 0.3 is 5.97 Å². The van der Waals surface area contributed by atoms with Crippen LogP contribution >= 0.6 is 0 Å². The van der Waals surface area contributed by atoms with E-state index in [1.165, 1.54) is 5.56 Å². The van der Waals surface area contributed by atoms with E-state index in [0.29, 0.717) is 13.2 Å². The Morgan fingerprint density at radius 1 is 1.08 bits per heavy atom. The molecule has 0 saturated heterocycles. The van der Waals surface area contributed by atoms with Crippen molar-refractivity contribution in [2.75, 3.05) is 13.2 Å². The molecule has 0 spiro atoms. The Balaban J connectivity index is 1.49. The molecule has 0 aliphatic heterocycles. The number of carboxylic acids is 1. The van der Waals surface area contributed by atoms with Crippen LogP contribution in [0.1, 0.15) is 43.2 Å². The number of carbonyl (C=O) groups is 1. The molecule has 0 radical (unpaired) electrons. The van der Waals surface area contributed by atoms with Crippen molar-refractivity contribution in [1.82, 2.24) is 0 Å². The summed E-state index contributed by atoms with van der Waals surface area (Å²) >= 11 is 0. The topological polar surface area (TPSA) is 55.8 Å². The quantitative estimate of drug-likeness (QED) is 0.702. The first kappa shape index (κ1) is 18.3. The van der Waals surface area contributed by atoms with Crippen LogP contribution in [0.5, 0.6) is 11.5 Å². The van der Waals surface area contributed by atoms with Crippen molar-refractivity contribution in [2.45, 2.75) is 39.0 Å². The Labute approximate surface area is 154 Å². The van der Waals surface area contributed by atoms with Crippen LogP contribution in [-0.2, 0) is 4.79 Å². The molecular weight excluding hydrogens is 328 g/mol. The van der Waals surface area contributed by atoms with E-state index in [0.717, 1.165) is 29.9 Å². The molecular formula is C22H26O4. The van der Waals surface area contributed by atoms with E-state index in [1.54, 1.807) is 0 Å². The lowest BCUT2D eigenvalue weighted by Gasteiger charge is -2.18. The number of aryl methyl sites for hydroxylation is 1. The van der Waals surface area contributed by atoms with Gasteiger partial charge in [-0.25, -0.2) is 0 Å². The summed E-state index contributed by atoms with van der Waals surface area (Å²) in [7, 11) is 0.